The molecular weight excluding hydrogens is 254 g/mol. The number of quaternary nitrogens is 3. The number of hydrogen-bond donors (Lipinski definition) is 3. The van der Waals surface area contributed by atoms with E-state index in [2.05, 4.69) is 24.9 Å². The van der Waals surface area contributed by atoms with Gasteiger partial charge in [0.2, 0.25) is 0 Å². The fourth-order valence-corrected chi connectivity index (χ4v) is 3.02. The quantitative estimate of drug-likeness (QED) is 0.555. The monoisotopic (exact) mass is 282 g/mol. The standard InChI is InChI=1S/C15H25N3O2/c1-17-6-8-18(9-7-17)13(11-16)12-4-5-14(19-2)15(10-12)20-3/h4-5,10,13H,6-9,11,16H2,1-3H3/p+3/t13-/m1/s1. The molecule has 1 heterocycles. The SMILES string of the molecule is COc1ccc([C@@H](C[NH3+])[NH+]2CC[NH+](C)CC2)cc1OC. The summed E-state index contributed by atoms with van der Waals surface area (Å²) in [5.41, 5.74) is 5.45. The van der Waals surface area contributed by atoms with Crippen LogP contribution in [-0.2, 0) is 0 Å². The number of likely N-dealkylation sites (N-methyl/N-ethyl adjacent to an activating group) is 1. The molecule has 1 aromatic rings. The zero-order valence-corrected chi connectivity index (χ0v) is 12.9. The van der Waals surface area contributed by atoms with Crippen molar-refractivity contribution in [1.29, 1.82) is 0 Å². The van der Waals surface area contributed by atoms with Gasteiger partial charge in [0.05, 0.1) is 21.3 Å². The van der Waals surface area contributed by atoms with E-state index in [9.17, 15) is 0 Å². The number of hydrogen-bond acceptors (Lipinski definition) is 2. The summed E-state index contributed by atoms with van der Waals surface area (Å²) in [7, 11) is 5.63. The second-order valence-corrected chi connectivity index (χ2v) is 5.57. The van der Waals surface area contributed by atoms with Gasteiger partial charge in [-0.05, 0) is 18.2 Å². The fourth-order valence-electron chi connectivity index (χ4n) is 3.02. The average Bonchev–Trinajstić information content (AvgIpc) is 2.49. The molecule has 1 atom stereocenters. The Bertz CT molecular complexity index is 431. The van der Waals surface area contributed by atoms with Crippen LogP contribution in [0, 0.1) is 0 Å². The van der Waals surface area contributed by atoms with Gasteiger partial charge in [-0.1, -0.05) is 0 Å². The minimum Gasteiger partial charge on any atom is -0.493 e. The molecule has 1 aromatic carbocycles. The molecule has 1 aliphatic rings. The fraction of sp³-hybridized carbons (Fsp3) is 0.600. The lowest BCUT2D eigenvalue weighted by Gasteiger charge is -2.32. The van der Waals surface area contributed by atoms with Crippen LogP contribution in [0.3, 0.4) is 0 Å². The third-order valence-electron chi connectivity index (χ3n) is 4.34. The van der Waals surface area contributed by atoms with Crippen LogP contribution >= 0.6 is 0 Å². The summed E-state index contributed by atoms with van der Waals surface area (Å²) in [6.07, 6.45) is 0. The van der Waals surface area contributed by atoms with E-state index in [0.717, 1.165) is 18.0 Å². The molecule has 0 amide bonds. The van der Waals surface area contributed by atoms with E-state index in [1.54, 1.807) is 24.0 Å². The van der Waals surface area contributed by atoms with Gasteiger partial charge in [0.25, 0.3) is 0 Å². The van der Waals surface area contributed by atoms with Crippen molar-refractivity contribution in [2.75, 3.05) is 54.0 Å². The average molecular weight is 282 g/mol. The van der Waals surface area contributed by atoms with Crippen LogP contribution in [-0.4, -0.2) is 54.0 Å². The van der Waals surface area contributed by atoms with Crippen LogP contribution in [0.2, 0.25) is 0 Å². The van der Waals surface area contributed by atoms with Gasteiger partial charge in [-0.3, -0.25) is 0 Å². The molecule has 2 rings (SSSR count). The molecule has 0 saturated carbocycles. The lowest BCUT2D eigenvalue weighted by atomic mass is 10.0. The van der Waals surface area contributed by atoms with E-state index in [0.29, 0.717) is 6.04 Å². The van der Waals surface area contributed by atoms with Crippen molar-refractivity contribution in [1.82, 2.24) is 0 Å². The van der Waals surface area contributed by atoms with E-state index in [1.807, 2.05) is 6.07 Å². The highest BCUT2D eigenvalue weighted by Gasteiger charge is 2.30. The summed E-state index contributed by atoms with van der Waals surface area (Å²) in [4.78, 5) is 3.27. The van der Waals surface area contributed by atoms with Crippen LogP contribution < -0.4 is 25.0 Å². The molecule has 20 heavy (non-hydrogen) atoms. The predicted molar refractivity (Wildman–Crippen MR) is 77.4 cm³/mol. The summed E-state index contributed by atoms with van der Waals surface area (Å²) >= 11 is 0. The maximum absolute atomic E-state index is 5.42. The maximum atomic E-state index is 5.42. The Morgan fingerprint density at radius 1 is 1.10 bits per heavy atom. The first-order chi connectivity index (χ1) is 9.69. The van der Waals surface area contributed by atoms with Crippen molar-refractivity contribution in [3.63, 3.8) is 0 Å². The maximum Gasteiger partial charge on any atom is 0.163 e. The van der Waals surface area contributed by atoms with Gasteiger partial charge in [0.1, 0.15) is 32.7 Å². The molecule has 5 heteroatoms. The Morgan fingerprint density at radius 2 is 1.75 bits per heavy atom. The lowest BCUT2D eigenvalue weighted by Crippen LogP contribution is -3.27. The first-order valence-electron chi connectivity index (χ1n) is 7.36. The minimum atomic E-state index is 0.447. The zero-order valence-electron chi connectivity index (χ0n) is 12.9. The molecule has 0 unspecified atom stereocenters. The number of nitrogens with one attached hydrogen (secondary N) is 2. The number of ether oxygens (including phenoxy) is 2. The molecular formula is C15H28N3O2+3. The van der Waals surface area contributed by atoms with Crippen molar-refractivity contribution in [3.05, 3.63) is 23.8 Å². The van der Waals surface area contributed by atoms with Gasteiger partial charge < -0.3 is 25.0 Å². The third-order valence-corrected chi connectivity index (χ3v) is 4.34. The highest BCUT2D eigenvalue weighted by molar-refractivity contribution is 5.43. The summed E-state index contributed by atoms with van der Waals surface area (Å²) in [6.45, 7) is 5.79. The van der Waals surface area contributed by atoms with Crippen LogP contribution in [0.4, 0.5) is 0 Å². The Balaban J connectivity index is 2.18. The lowest BCUT2D eigenvalue weighted by molar-refractivity contribution is -1.02. The van der Waals surface area contributed by atoms with Crippen LogP contribution in [0.1, 0.15) is 11.6 Å². The van der Waals surface area contributed by atoms with Crippen LogP contribution in [0.25, 0.3) is 0 Å². The topological polar surface area (TPSA) is 55.0 Å². The first-order valence-corrected chi connectivity index (χ1v) is 7.36. The second-order valence-electron chi connectivity index (χ2n) is 5.57. The number of rotatable bonds is 5. The molecule has 0 bridgehead atoms. The van der Waals surface area contributed by atoms with E-state index in [4.69, 9.17) is 9.47 Å². The summed E-state index contributed by atoms with van der Waals surface area (Å²) < 4.78 is 10.7. The van der Waals surface area contributed by atoms with Gasteiger partial charge in [-0.25, -0.2) is 0 Å². The third kappa shape index (κ3) is 3.23. The van der Waals surface area contributed by atoms with E-state index < -0.39 is 0 Å². The molecule has 0 spiro atoms. The van der Waals surface area contributed by atoms with Crippen molar-refractivity contribution < 1.29 is 25.0 Å². The minimum absolute atomic E-state index is 0.447. The molecule has 5 N–H and O–H groups in total. The van der Waals surface area contributed by atoms with Crippen molar-refractivity contribution in [3.8, 4) is 11.5 Å². The molecule has 0 radical (unpaired) electrons. The number of methoxy groups -OCH3 is 2. The van der Waals surface area contributed by atoms with Gasteiger partial charge >= 0.3 is 0 Å². The molecule has 5 nitrogen and oxygen atoms in total. The van der Waals surface area contributed by atoms with Gasteiger partial charge in [-0.2, -0.15) is 0 Å². The van der Waals surface area contributed by atoms with Crippen molar-refractivity contribution in [2.24, 2.45) is 0 Å². The zero-order chi connectivity index (χ0) is 14.5. The molecule has 1 fully saturated rings. The first kappa shape index (κ1) is 15.1. The van der Waals surface area contributed by atoms with Crippen LogP contribution in [0.5, 0.6) is 11.5 Å². The molecule has 112 valence electrons. The van der Waals surface area contributed by atoms with Gasteiger partial charge in [0.15, 0.2) is 17.5 Å². The summed E-state index contributed by atoms with van der Waals surface area (Å²) in [5, 5.41) is 0. The molecule has 1 aliphatic heterocycles. The van der Waals surface area contributed by atoms with Gasteiger partial charge in [0, 0.05) is 5.56 Å². The second kappa shape index (κ2) is 6.92. The summed E-state index contributed by atoms with van der Waals surface area (Å²) in [5.74, 6) is 1.60. The Labute approximate surface area is 121 Å². The molecule has 1 saturated heterocycles. The van der Waals surface area contributed by atoms with E-state index in [-0.39, 0.29) is 0 Å². The largest absolute Gasteiger partial charge is 0.493 e. The highest BCUT2D eigenvalue weighted by atomic mass is 16.5. The van der Waals surface area contributed by atoms with Crippen molar-refractivity contribution >= 4 is 0 Å². The van der Waals surface area contributed by atoms with Gasteiger partial charge in [-0.15, -0.1) is 0 Å². The summed E-state index contributed by atoms with van der Waals surface area (Å²) in [6, 6.07) is 6.70. The Morgan fingerprint density at radius 3 is 2.30 bits per heavy atom. The van der Waals surface area contributed by atoms with E-state index in [1.165, 1.54) is 31.7 Å². The number of piperazine rings is 1. The predicted octanol–water partition coefficient (Wildman–Crippen LogP) is -2.60. The number of benzene rings is 1. The van der Waals surface area contributed by atoms with Crippen molar-refractivity contribution in [2.45, 2.75) is 6.04 Å². The Hall–Kier alpha value is -1.30. The smallest absolute Gasteiger partial charge is 0.163 e. The molecule has 0 aliphatic carbocycles. The normalized spacial score (nSPS) is 24.2. The Kier molecular flexibility index (Phi) is 5.23. The molecule has 0 aromatic heterocycles. The van der Waals surface area contributed by atoms with Crippen LogP contribution in [0.15, 0.2) is 18.2 Å². The highest BCUT2D eigenvalue weighted by Crippen LogP contribution is 2.29. The van der Waals surface area contributed by atoms with E-state index >= 15 is 0 Å².